The number of aryl methyl sites for hydroxylation is 1. The molecule has 0 aromatic heterocycles. The second-order valence-corrected chi connectivity index (χ2v) is 8.33. The Bertz CT molecular complexity index is 1280. The van der Waals surface area contributed by atoms with Gasteiger partial charge in [-0.15, -0.1) is 0 Å². The van der Waals surface area contributed by atoms with Crippen LogP contribution in [0.3, 0.4) is 0 Å². The van der Waals surface area contributed by atoms with Crippen LogP contribution in [0.25, 0.3) is 11.1 Å². The van der Waals surface area contributed by atoms with Gasteiger partial charge in [0.05, 0.1) is 0 Å². The average Bonchev–Trinajstić information content (AvgIpc) is 2.90. The molecule has 184 valence electrons. The number of hydrogen-bond acceptors (Lipinski definition) is 5. The summed E-state index contributed by atoms with van der Waals surface area (Å²) in [5, 5.41) is 16.9. The van der Waals surface area contributed by atoms with Crippen LogP contribution in [0.4, 0.5) is 0 Å². The van der Waals surface area contributed by atoms with Gasteiger partial charge in [0.2, 0.25) is 0 Å². The summed E-state index contributed by atoms with van der Waals surface area (Å²) in [6.07, 6.45) is 1.93. The molecule has 0 spiro atoms. The monoisotopic (exact) mass is 482 g/mol. The number of aromatic hydroxyl groups is 1. The van der Waals surface area contributed by atoms with Gasteiger partial charge in [0.1, 0.15) is 47.8 Å². The van der Waals surface area contributed by atoms with Crippen molar-refractivity contribution in [3.8, 4) is 39.9 Å². The largest absolute Gasteiger partial charge is 0.508 e. The molecule has 0 amide bonds. The summed E-state index contributed by atoms with van der Waals surface area (Å²) in [4.78, 5) is 0. The summed E-state index contributed by atoms with van der Waals surface area (Å²) in [6.45, 7) is 2.99. The van der Waals surface area contributed by atoms with Crippen LogP contribution in [0, 0.1) is 5.41 Å². The molecule has 0 aliphatic carbocycles. The van der Waals surface area contributed by atoms with Crippen molar-refractivity contribution in [2.45, 2.75) is 19.8 Å². The predicted octanol–water partition coefficient (Wildman–Crippen LogP) is 6.55. The number of phenols is 1. The molecule has 0 saturated heterocycles. The fourth-order valence-electron chi connectivity index (χ4n) is 3.77. The highest BCUT2D eigenvalue weighted by atomic mass is 16.5. The predicted molar refractivity (Wildman–Crippen MR) is 143 cm³/mol. The topological polar surface area (TPSA) is 97.8 Å². The molecule has 36 heavy (non-hydrogen) atoms. The Kier molecular flexibility index (Phi) is 8.08. The second-order valence-electron chi connectivity index (χ2n) is 8.33. The maximum absolute atomic E-state index is 9.37. The summed E-state index contributed by atoms with van der Waals surface area (Å²) in [6, 6.07) is 27.9. The minimum absolute atomic E-state index is 0.0672. The van der Waals surface area contributed by atoms with Gasteiger partial charge < -0.3 is 25.1 Å². The highest BCUT2D eigenvalue weighted by Gasteiger charge is 2.08. The number of nitrogen functional groups attached to an aromatic ring is 1. The maximum atomic E-state index is 9.37. The molecule has 0 radical (unpaired) electrons. The lowest BCUT2D eigenvalue weighted by Gasteiger charge is -2.14. The van der Waals surface area contributed by atoms with Crippen molar-refractivity contribution in [2.24, 2.45) is 5.73 Å². The van der Waals surface area contributed by atoms with Crippen LogP contribution in [0.5, 0.6) is 28.7 Å². The Morgan fingerprint density at radius 3 is 1.97 bits per heavy atom. The average molecular weight is 483 g/mol. The van der Waals surface area contributed by atoms with Crippen molar-refractivity contribution in [3.63, 3.8) is 0 Å². The first-order valence-corrected chi connectivity index (χ1v) is 11.9. The molecule has 0 atom stereocenters. The van der Waals surface area contributed by atoms with E-state index in [0.29, 0.717) is 30.3 Å². The molecule has 0 bridgehead atoms. The standard InChI is InChI=1S/C30H30N2O4/c1-2-3-24-20-23(21-4-6-22(7-5-21)30(31)32)8-17-29(24)35-19-18-34-26-13-15-28(16-14-26)36-27-11-9-25(33)10-12-27/h4-17,20,33H,2-3,18-19H2,1H3,(H3,31,32). The van der Waals surface area contributed by atoms with E-state index in [1.54, 1.807) is 24.3 Å². The highest BCUT2D eigenvalue weighted by molar-refractivity contribution is 5.95. The van der Waals surface area contributed by atoms with Crippen LogP contribution in [0.15, 0.2) is 91.0 Å². The number of rotatable bonds is 11. The van der Waals surface area contributed by atoms with E-state index < -0.39 is 0 Å². The Labute approximate surface area is 211 Å². The molecule has 0 fully saturated rings. The Hall–Kier alpha value is -4.45. The summed E-state index contributed by atoms with van der Waals surface area (Å²) in [5.41, 5.74) is 9.61. The third kappa shape index (κ3) is 6.57. The zero-order chi connectivity index (χ0) is 25.3. The van der Waals surface area contributed by atoms with Crippen LogP contribution < -0.4 is 19.9 Å². The third-order valence-corrected chi connectivity index (χ3v) is 5.61. The highest BCUT2D eigenvalue weighted by Crippen LogP contribution is 2.29. The molecular weight excluding hydrogens is 452 g/mol. The second kappa shape index (κ2) is 11.8. The van der Waals surface area contributed by atoms with E-state index >= 15 is 0 Å². The van der Waals surface area contributed by atoms with E-state index in [1.807, 2.05) is 60.7 Å². The SMILES string of the molecule is CCCc1cc(-c2ccc(C(=N)N)cc2)ccc1OCCOc1ccc(Oc2ccc(O)cc2)cc1. The van der Waals surface area contributed by atoms with Crippen molar-refractivity contribution in [3.05, 3.63) is 102 Å². The lowest BCUT2D eigenvalue weighted by atomic mass is 9.99. The normalized spacial score (nSPS) is 10.6. The first kappa shape index (κ1) is 24.7. The van der Waals surface area contributed by atoms with Gasteiger partial charge >= 0.3 is 0 Å². The molecule has 4 N–H and O–H groups in total. The van der Waals surface area contributed by atoms with Crippen LogP contribution in [0.2, 0.25) is 0 Å². The Morgan fingerprint density at radius 2 is 1.33 bits per heavy atom. The van der Waals surface area contributed by atoms with Gasteiger partial charge in [-0.1, -0.05) is 43.7 Å². The number of hydrogen-bond donors (Lipinski definition) is 3. The van der Waals surface area contributed by atoms with Crippen molar-refractivity contribution in [1.29, 1.82) is 5.41 Å². The molecule has 0 unspecified atom stereocenters. The molecule has 6 nitrogen and oxygen atoms in total. The van der Waals surface area contributed by atoms with Crippen molar-refractivity contribution in [2.75, 3.05) is 13.2 Å². The first-order valence-electron chi connectivity index (χ1n) is 11.9. The van der Waals surface area contributed by atoms with E-state index in [0.717, 1.165) is 41.0 Å². The van der Waals surface area contributed by atoms with E-state index in [2.05, 4.69) is 13.0 Å². The van der Waals surface area contributed by atoms with E-state index in [4.69, 9.17) is 25.4 Å². The molecule has 4 rings (SSSR count). The first-order chi connectivity index (χ1) is 17.5. The fraction of sp³-hybridized carbons (Fsp3) is 0.167. The van der Waals surface area contributed by atoms with Gasteiger partial charge in [-0.2, -0.15) is 0 Å². The molecule has 6 heteroatoms. The summed E-state index contributed by atoms with van der Waals surface area (Å²) >= 11 is 0. The summed E-state index contributed by atoms with van der Waals surface area (Å²) in [5.74, 6) is 3.20. The molecule has 0 aliphatic rings. The van der Waals surface area contributed by atoms with Crippen LogP contribution in [-0.4, -0.2) is 24.2 Å². The summed E-state index contributed by atoms with van der Waals surface area (Å²) in [7, 11) is 0. The quantitative estimate of drug-likeness (QED) is 0.128. The van der Waals surface area contributed by atoms with Gasteiger partial charge in [0, 0.05) is 5.56 Å². The van der Waals surface area contributed by atoms with Crippen molar-refractivity contribution >= 4 is 5.84 Å². The Balaban J connectivity index is 1.31. The van der Waals surface area contributed by atoms with E-state index in [1.165, 1.54) is 0 Å². The van der Waals surface area contributed by atoms with Gasteiger partial charge in [0.15, 0.2) is 0 Å². The van der Waals surface area contributed by atoms with Gasteiger partial charge in [-0.05, 0) is 83.8 Å². The maximum Gasteiger partial charge on any atom is 0.127 e. The van der Waals surface area contributed by atoms with Crippen molar-refractivity contribution in [1.82, 2.24) is 0 Å². The zero-order valence-corrected chi connectivity index (χ0v) is 20.2. The molecule has 0 aliphatic heterocycles. The number of benzene rings is 4. The third-order valence-electron chi connectivity index (χ3n) is 5.61. The van der Waals surface area contributed by atoms with Gasteiger partial charge in [0.25, 0.3) is 0 Å². The number of phenolic OH excluding ortho intramolecular Hbond substituents is 1. The van der Waals surface area contributed by atoms with Gasteiger partial charge in [-0.25, -0.2) is 0 Å². The van der Waals surface area contributed by atoms with Crippen LogP contribution in [0.1, 0.15) is 24.5 Å². The number of ether oxygens (including phenoxy) is 3. The van der Waals surface area contributed by atoms with Crippen LogP contribution in [-0.2, 0) is 6.42 Å². The number of amidine groups is 1. The zero-order valence-electron chi connectivity index (χ0n) is 20.2. The molecule has 4 aromatic carbocycles. The lowest BCUT2D eigenvalue weighted by Crippen LogP contribution is -2.10. The van der Waals surface area contributed by atoms with E-state index in [-0.39, 0.29) is 11.6 Å². The van der Waals surface area contributed by atoms with Crippen molar-refractivity contribution < 1.29 is 19.3 Å². The van der Waals surface area contributed by atoms with Crippen LogP contribution >= 0.6 is 0 Å². The lowest BCUT2D eigenvalue weighted by molar-refractivity contribution is 0.216. The molecule has 0 heterocycles. The van der Waals surface area contributed by atoms with Gasteiger partial charge in [-0.3, -0.25) is 5.41 Å². The molecule has 0 saturated carbocycles. The minimum atomic E-state index is 0.0672. The summed E-state index contributed by atoms with van der Waals surface area (Å²) < 4.78 is 17.6. The minimum Gasteiger partial charge on any atom is -0.508 e. The molecular formula is C30H30N2O4. The smallest absolute Gasteiger partial charge is 0.127 e. The fourth-order valence-corrected chi connectivity index (χ4v) is 3.77. The molecule has 4 aromatic rings. The number of nitrogens with one attached hydrogen (secondary N) is 1. The Morgan fingerprint density at radius 1 is 0.750 bits per heavy atom. The number of nitrogens with two attached hydrogens (primary N) is 1. The van der Waals surface area contributed by atoms with E-state index in [9.17, 15) is 5.11 Å².